The Balaban J connectivity index is 1.68. The van der Waals surface area contributed by atoms with Crippen molar-refractivity contribution in [2.45, 2.75) is 12.8 Å². The molecule has 1 amide bonds. The molecule has 0 spiro atoms. The fraction of sp³-hybridized carbons (Fsp3) is 0.438. The van der Waals surface area contributed by atoms with E-state index in [-0.39, 0.29) is 5.91 Å². The Morgan fingerprint density at radius 3 is 2.65 bits per heavy atom. The van der Waals surface area contributed by atoms with Crippen LogP contribution in [0.1, 0.15) is 18.4 Å². The van der Waals surface area contributed by atoms with Crippen LogP contribution in [0.5, 0.6) is 0 Å². The topological polar surface area (TPSA) is 41.6 Å². The van der Waals surface area contributed by atoms with E-state index in [2.05, 4.69) is 16.1 Å². The summed E-state index contributed by atoms with van der Waals surface area (Å²) in [5.41, 5.74) is 1.61. The molecule has 1 aromatic rings. The van der Waals surface area contributed by atoms with Gasteiger partial charge in [-0.2, -0.15) is 0 Å². The van der Waals surface area contributed by atoms with Gasteiger partial charge in [0.25, 0.3) is 0 Å². The number of carbonyl (C=O) groups excluding carboxylic acids is 1. The van der Waals surface area contributed by atoms with Gasteiger partial charge in [-0.3, -0.25) is 9.69 Å². The maximum Gasteiger partial charge on any atom is 0.224 e. The molecule has 2 rings (SSSR count). The Hall–Kier alpha value is -1.83. The van der Waals surface area contributed by atoms with E-state index in [0.29, 0.717) is 6.42 Å². The van der Waals surface area contributed by atoms with E-state index in [1.165, 1.54) is 0 Å². The second-order valence-electron chi connectivity index (χ2n) is 4.83. The molecule has 1 aliphatic heterocycles. The van der Waals surface area contributed by atoms with Gasteiger partial charge in [0.2, 0.25) is 5.91 Å². The van der Waals surface area contributed by atoms with E-state index in [1.54, 1.807) is 0 Å². The van der Waals surface area contributed by atoms with Crippen molar-refractivity contribution in [3.8, 4) is 12.3 Å². The van der Waals surface area contributed by atoms with E-state index < -0.39 is 0 Å². The second kappa shape index (κ2) is 7.68. The van der Waals surface area contributed by atoms with E-state index in [4.69, 9.17) is 11.2 Å². The number of carbonyl (C=O) groups is 1. The lowest BCUT2D eigenvalue weighted by Crippen LogP contribution is -2.37. The highest BCUT2D eigenvalue weighted by Crippen LogP contribution is 2.09. The number of ether oxygens (including phenoxy) is 1. The summed E-state index contributed by atoms with van der Waals surface area (Å²) in [6.07, 6.45) is 6.69. The number of hydrogen-bond acceptors (Lipinski definition) is 3. The minimum atomic E-state index is 0.0479. The smallest absolute Gasteiger partial charge is 0.224 e. The molecular formula is C16H20N2O2. The van der Waals surface area contributed by atoms with Crippen LogP contribution in [0.3, 0.4) is 0 Å². The predicted molar refractivity (Wildman–Crippen MR) is 79.5 cm³/mol. The third kappa shape index (κ3) is 4.69. The summed E-state index contributed by atoms with van der Waals surface area (Å²) in [6.45, 7) is 4.48. The van der Waals surface area contributed by atoms with Gasteiger partial charge in [0.1, 0.15) is 0 Å². The zero-order chi connectivity index (χ0) is 14.2. The van der Waals surface area contributed by atoms with Crippen molar-refractivity contribution in [1.82, 2.24) is 4.90 Å². The van der Waals surface area contributed by atoms with Crippen LogP contribution in [0.4, 0.5) is 5.69 Å². The molecule has 106 valence electrons. The molecule has 0 atom stereocenters. The first-order valence-electron chi connectivity index (χ1n) is 6.94. The Morgan fingerprint density at radius 1 is 1.30 bits per heavy atom. The van der Waals surface area contributed by atoms with Gasteiger partial charge < -0.3 is 10.1 Å². The Morgan fingerprint density at radius 2 is 2.00 bits per heavy atom. The minimum Gasteiger partial charge on any atom is -0.379 e. The first kappa shape index (κ1) is 14.6. The molecule has 4 nitrogen and oxygen atoms in total. The van der Waals surface area contributed by atoms with E-state index in [1.807, 2.05) is 24.3 Å². The third-order valence-electron chi connectivity index (χ3n) is 3.32. The zero-order valence-corrected chi connectivity index (χ0v) is 11.6. The summed E-state index contributed by atoms with van der Waals surface area (Å²) in [4.78, 5) is 14.1. The normalized spacial score (nSPS) is 15.6. The lowest BCUT2D eigenvalue weighted by molar-refractivity contribution is -0.116. The highest BCUT2D eigenvalue weighted by atomic mass is 16.5. The summed E-state index contributed by atoms with van der Waals surface area (Å²) >= 11 is 0. The van der Waals surface area contributed by atoms with Crippen LogP contribution < -0.4 is 5.32 Å². The lowest BCUT2D eigenvalue weighted by atomic mass is 10.2. The molecule has 0 unspecified atom stereocenters. The van der Waals surface area contributed by atoms with Crippen molar-refractivity contribution in [2.75, 3.05) is 38.2 Å². The second-order valence-corrected chi connectivity index (χ2v) is 4.83. The van der Waals surface area contributed by atoms with E-state index in [0.717, 1.165) is 50.5 Å². The highest BCUT2D eigenvalue weighted by Gasteiger charge is 2.10. The standard InChI is InChI=1S/C16H20N2O2/c1-2-14-5-7-15(8-6-14)17-16(19)4-3-9-18-10-12-20-13-11-18/h1,5-8H,3-4,9-13H2,(H,17,19). The number of nitrogens with one attached hydrogen (secondary N) is 1. The van der Waals surface area contributed by atoms with Gasteiger partial charge in [-0.25, -0.2) is 0 Å². The van der Waals surface area contributed by atoms with Crippen LogP contribution in [0.25, 0.3) is 0 Å². The van der Waals surface area contributed by atoms with Crippen molar-refractivity contribution in [2.24, 2.45) is 0 Å². The van der Waals surface area contributed by atoms with Gasteiger partial charge in [0, 0.05) is 30.8 Å². The summed E-state index contributed by atoms with van der Waals surface area (Å²) in [7, 11) is 0. The minimum absolute atomic E-state index is 0.0479. The van der Waals surface area contributed by atoms with Crippen LogP contribution in [-0.2, 0) is 9.53 Å². The van der Waals surface area contributed by atoms with E-state index >= 15 is 0 Å². The molecular weight excluding hydrogens is 252 g/mol. The molecule has 0 aliphatic carbocycles. The highest BCUT2D eigenvalue weighted by molar-refractivity contribution is 5.90. The fourth-order valence-corrected chi connectivity index (χ4v) is 2.16. The van der Waals surface area contributed by atoms with Gasteiger partial charge in [-0.1, -0.05) is 5.92 Å². The molecule has 20 heavy (non-hydrogen) atoms. The predicted octanol–water partition coefficient (Wildman–Crippen LogP) is 1.72. The van der Waals surface area contributed by atoms with Crippen molar-refractivity contribution in [1.29, 1.82) is 0 Å². The van der Waals surface area contributed by atoms with Crippen LogP contribution in [0.2, 0.25) is 0 Å². The van der Waals surface area contributed by atoms with Crippen LogP contribution >= 0.6 is 0 Å². The van der Waals surface area contributed by atoms with Crippen LogP contribution in [0.15, 0.2) is 24.3 Å². The van der Waals surface area contributed by atoms with Gasteiger partial charge in [0.15, 0.2) is 0 Å². The molecule has 1 fully saturated rings. The van der Waals surface area contributed by atoms with Gasteiger partial charge in [-0.15, -0.1) is 6.42 Å². The van der Waals surface area contributed by atoms with Crippen LogP contribution in [-0.4, -0.2) is 43.7 Å². The fourth-order valence-electron chi connectivity index (χ4n) is 2.16. The first-order chi connectivity index (χ1) is 9.78. The maximum absolute atomic E-state index is 11.8. The summed E-state index contributed by atoms with van der Waals surface area (Å²) in [5, 5.41) is 2.88. The number of hydrogen-bond donors (Lipinski definition) is 1. The average Bonchev–Trinajstić information content (AvgIpc) is 2.49. The average molecular weight is 272 g/mol. The lowest BCUT2D eigenvalue weighted by Gasteiger charge is -2.26. The van der Waals surface area contributed by atoms with Gasteiger partial charge in [-0.05, 0) is 37.2 Å². The van der Waals surface area contributed by atoms with E-state index in [9.17, 15) is 4.79 Å². The van der Waals surface area contributed by atoms with Crippen molar-refractivity contribution < 1.29 is 9.53 Å². The molecule has 1 aliphatic rings. The number of rotatable bonds is 5. The number of morpholine rings is 1. The SMILES string of the molecule is C#Cc1ccc(NC(=O)CCCN2CCOCC2)cc1. The first-order valence-corrected chi connectivity index (χ1v) is 6.94. The third-order valence-corrected chi connectivity index (χ3v) is 3.32. The number of terminal acetylenes is 1. The summed E-state index contributed by atoms with van der Waals surface area (Å²) in [6, 6.07) is 7.30. The van der Waals surface area contributed by atoms with Crippen molar-refractivity contribution >= 4 is 11.6 Å². The Kier molecular flexibility index (Phi) is 5.60. The largest absolute Gasteiger partial charge is 0.379 e. The summed E-state index contributed by atoms with van der Waals surface area (Å²) in [5.74, 6) is 2.60. The van der Waals surface area contributed by atoms with Crippen molar-refractivity contribution in [3.63, 3.8) is 0 Å². The molecule has 0 bridgehead atoms. The quantitative estimate of drug-likeness (QED) is 0.830. The number of nitrogens with zero attached hydrogens (tertiary/aromatic N) is 1. The molecule has 1 N–H and O–H groups in total. The van der Waals surface area contributed by atoms with Crippen LogP contribution in [0, 0.1) is 12.3 Å². The molecule has 1 heterocycles. The maximum atomic E-state index is 11.8. The molecule has 0 radical (unpaired) electrons. The number of anilines is 1. The summed E-state index contributed by atoms with van der Waals surface area (Å²) < 4.78 is 5.29. The number of benzene rings is 1. The molecule has 0 aromatic heterocycles. The molecule has 0 saturated carbocycles. The number of amides is 1. The molecule has 4 heteroatoms. The monoisotopic (exact) mass is 272 g/mol. The van der Waals surface area contributed by atoms with Crippen molar-refractivity contribution in [3.05, 3.63) is 29.8 Å². The molecule has 1 saturated heterocycles. The Labute approximate surface area is 120 Å². The Bertz CT molecular complexity index is 470. The van der Waals surface area contributed by atoms with Gasteiger partial charge >= 0.3 is 0 Å². The molecule has 1 aromatic carbocycles. The van der Waals surface area contributed by atoms with Gasteiger partial charge in [0.05, 0.1) is 13.2 Å². The zero-order valence-electron chi connectivity index (χ0n) is 11.6.